The van der Waals surface area contributed by atoms with E-state index in [1.54, 1.807) is 6.08 Å². The zero-order valence-electron chi connectivity index (χ0n) is 43.1. The maximum Gasteiger partial charge on any atom is 0.472 e. The number of aliphatic hydroxyl groups is 1. The predicted molar refractivity (Wildman–Crippen MR) is 286 cm³/mol. The van der Waals surface area contributed by atoms with Gasteiger partial charge in [0.15, 0.2) is 0 Å². The first kappa shape index (κ1) is 63.4. The summed E-state index contributed by atoms with van der Waals surface area (Å²) in [7, 11) is 1.53. The van der Waals surface area contributed by atoms with Crippen molar-refractivity contribution in [3.8, 4) is 0 Å². The Hall–Kier alpha value is -2.58. The fourth-order valence-corrected chi connectivity index (χ4v) is 7.87. The number of amides is 1. The number of quaternary nitrogens is 1. The first-order chi connectivity index (χ1) is 32.0. The molecular weight excluding hydrogens is 840 g/mol. The maximum absolute atomic E-state index is 12.9. The monoisotopic (exact) mass is 942 g/mol. The van der Waals surface area contributed by atoms with Crippen LogP contribution in [0.4, 0.5) is 0 Å². The van der Waals surface area contributed by atoms with Crippen LogP contribution in [0, 0.1) is 0 Å². The van der Waals surface area contributed by atoms with Crippen molar-refractivity contribution in [1.29, 1.82) is 0 Å². The zero-order valence-corrected chi connectivity index (χ0v) is 44.0. The summed E-state index contributed by atoms with van der Waals surface area (Å²) in [6, 6.07) is -0.872. The highest BCUT2D eigenvalue weighted by Gasteiger charge is 2.27. The molecule has 0 radical (unpaired) electrons. The fraction of sp³-hybridized carbons (Fsp3) is 0.702. The molecule has 0 saturated heterocycles. The summed E-state index contributed by atoms with van der Waals surface area (Å²) < 4.78 is 23.6. The molecule has 3 N–H and O–H groups in total. The summed E-state index contributed by atoms with van der Waals surface area (Å²) in [5, 5.41) is 13.9. The average molecular weight is 942 g/mol. The number of hydrogen-bond acceptors (Lipinski definition) is 5. The third-order valence-corrected chi connectivity index (χ3v) is 12.3. The van der Waals surface area contributed by atoms with Crippen LogP contribution in [-0.2, 0) is 18.4 Å². The minimum atomic E-state index is -4.36. The molecule has 0 bridgehead atoms. The number of phosphoric ester groups is 1. The second kappa shape index (κ2) is 47.5. The molecule has 3 unspecified atom stereocenters. The summed E-state index contributed by atoms with van der Waals surface area (Å²) in [6.45, 7) is 4.67. The Kier molecular flexibility index (Phi) is 45.6. The molecule has 66 heavy (non-hydrogen) atoms. The van der Waals surface area contributed by atoms with E-state index in [0.29, 0.717) is 17.4 Å². The van der Waals surface area contributed by atoms with E-state index in [0.717, 1.165) is 89.9 Å². The smallest absolute Gasteiger partial charge is 0.387 e. The van der Waals surface area contributed by atoms with Crippen molar-refractivity contribution >= 4 is 13.7 Å². The highest BCUT2D eigenvalue weighted by Crippen LogP contribution is 2.43. The van der Waals surface area contributed by atoms with E-state index in [-0.39, 0.29) is 19.1 Å². The molecule has 0 aromatic rings. The topological polar surface area (TPSA) is 105 Å². The van der Waals surface area contributed by atoms with Gasteiger partial charge in [-0.2, -0.15) is 0 Å². The first-order valence-electron chi connectivity index (χ1n) is 26.6. The predicted octanol–water partition coefficient (Wildman–Crippen LogP) is 15.9. The third kappa shape index (κ3) is 49.3. The van der Waals surface area contributed by atoms with Crippen LogP contribution in [0.1, 0.15) is 206 Å². The molecule has 0 heterocycles. The van der Waals surface area contributed by atoms with Gasteiger partial charge in [0.2, 0.25) is 5.91 Å². The minimum absolute atomic E-state index is 0.0494. The van der Waals surface area contributed by atoms with Crippen molar-refractivity contribution < 1.29 is 32.9 Å². The van der Waals surface area contributed by atoms with Crippen LogP contribution in [0.5, 0.6) is 0 Å². The second-order valence-corrected chi connectivity index (χ2v) is 20.3. The van der Waals surface area contributed by atoms with Gasteiger partial charge in [-0.25, -0.2) is 4.57 Å². The number of phosphoric acid groups is 1. The lowest BCUT2D eigenvalue weighted by atomic mass is 10.0. The van der Waals surface area contributed by atoms with E-state index in [4.69, 9.17) is 9.05 Å². The van der Waals surface area contributed by atoms with Gasteiger partial charge >= 0.3 is 7.82 Å². The van der Waals surface area contributed by atoms with Crippen molar-refractivity contribution in [3.63, 3.8) is 0 Å². The molecule has 0 saturated carbocycles. The van der Waals surface area contributed by atoms with E-state index < -0.39 is 20.0 Å². The number of carbonyl (C=O) groups excluding carboxylic acids is 1. The molecule has 0 aromatic heterocycles. The molecule has 9 heteroatoms. The Bertz CT molecular complexity index is 1390. The SMILES string of the molecule is CC/C=C\C/C=C\C/C=C\C/C=C\C/C=C\C/C=C\C/C=C\CCCCCC(=O)NC(COP(=O)(O)OCC[N+](C)(C)C)C(O)/C=C/CCCCCCCCCCCCCCCCCCC. The molecule has 0 fully saturated rings. The van der Waals surface area contributed by atoms with Gasteiger partial charge in [0, 0.05) is 6.42 Å². The zero-order chi connectivity index (χ0) is 48.5. The molecule has 1 amide bonds. The molecule has 3 atom stereocenters. The lowest BCUT2D eigenvalue weighted by molar-refractivity contribution is -0.870. The second-order valence-electron chi connectivity index (χ2n) is 18.9. The maximum atomic E-state index is 12.9. The normalized spacial score (nSPS) is 14.8. The minimum Gasteiger partial charge on any atom is -0.387 e. The van der Waals surface area contributed by atoms with Crippen LogP contribution < -0.4 is 5.32 Å². The molecule has 0 aliphatic heterocycles. The Balaban J connectivity index is 4.40. The van der Waals surface area contributed by atoms with E-state index in [9.17, 15) is 19.4 Å². The lowest BCUT2D eigenvalue weighted by Gasteiger charge is -2.25. The van der Waals surface area contributed by atoms with E-state index >= 15 is 0 Å². The lowest BCUT2D eigenvalue weighted by Crippen LogP contribution is -2.45. The van der Waals surface area contributed by atoms with Crippen molar-refractivity contribution in [3.05, 3.63) is 97.2 Å². The van der Waals surface area contributed by atoms with Gasteiger partial charge in [-0.3, -0.25) is 13.8 Å². The Morgan fingerprint density at radius 3 is 1.33 bits per heavy atom. The van der Waals surface area contributed by atoms with Crippen molar-refractivity contribution in [2.45, 2.75) is 219 Å². The summed E-state index contributed by atoms with van der Waals surface area (Å²) in [5.41, 5.74) is 0. The van der Waals surface area contributed by atoms with Gasteiger partial charge in [-0.1, -0.05) is 220 Å². The quantitative estimate of drug-likeness (QED) is 0.0243. The van der Waals surface area contributed by atoms with Crippen LogP contribution in [-0.4, -0.2) is 73.4 Å². The number of aliphatic hydroxyl groups excluding tert-OH is 1. The van der Waals surface area contributed by atoms with E-state index in [2.05, 4.69) is 104 Å². The number of likely N-dealkylation sites (N-methyl/N-ethyl adjacent to an activating group) is 1. The molecule has 0 aromatic carbocycles. The van der Waals surface area contributed by atoms with Crippen LogP contribution in [0.15, 0.2) is 97.2 Å². The Morgan fingerprint density at radius 2 is 0.909 bits per heavy atom. The standard InChI is InChI=1S/C57H101N2O6P/c1-6-8-10-12-14-16-18-20-22-24-26-27-28-29-30-31-33-35-37-39-41-43-45-47-49-51-57(61)58-55(54-65-66(62,63)64-53-52-59(3,4)5)56(60)50-48-46-44-42-40-38-36-34-32-25-23-21-19-17-15-13-11-9-7-2/h8,10,14,16,20,22,26-27,29-30,33,35,39,41,48,50,55-56,60H,6-7,9,11-13,15,17-19,21,23-25,28,31-32,34,36-38,40,42-47,49,51-54H2,1-5H3,(H-,58,61,62,63)/p+1/b10-8-,16-14-,22-20-,27-26-,30-29-,35-33-,41-39-,50-48+. The number of nitrogens with zero attached hydrogens (tertiary/aromatic N) is 1. The largest absolute Gasteiger partial charge is 0.472 e. The number of unbranched alkanes of at least 4 members (excludes halogenated alkanes) is 20. The molecule has 380 valence electrons. The number of rotatable bonds is 47. The van der Waals surface area contributed by atoms with Crippen LogP contribution in [0.25, 0.3) is 0 Å². The summed E-state index contributed by atoms with van der Waals surface area (Å²) in [5.74, 6) is -0.212. The molecule has 0 aliphatic rings. The third-order valence-electron chi connectivity index (χ3n) is 11.3. The van der Waals surface area contributed by atoms with Gasteiger partial charge in [0.1, 0.15) is 13.2 Å². The highest BCUT2D eigenvalue weighted by atomic mass is 31.2. The highest BCUT2D eigenvalue weighted by molar-refractivity contribution is 7.47. The first-order valence-corrected chi connectivity index (χ1v) is 28.1. The van der Waals surface area contributed by atoms with Crippen LogP contribution >= 0.6 is 7.82 Å². The van der Waals surface area contributed by atoms with E-state index in [1.807, 2.05) is 27.2 Å². The van der Waals surface area contributed by atoms with Gasteiger partial charge in [0.05, 0.1) is 39.9 Å². The van der Waals surface area contributed by atoms with Gasteiger partial charge in [-0.15, -0.1) is 0 Å². The molecule has 0 spiro atoms. The summed E-state index contributed by atoms with van der Waals surface area (Å²) >= 11 is 0. The number of carbonyl (C=O) groups is 1. The molecular formula is C57H102N2O6P+. The number of allylic oxidation sites excluding steroid dienone is 15. The Labute approximate surface area is 407 Å². The van der Waals surface area contributed by atoms with Crippen molar-refractivity contribution in [2.75, 3.05) is 40.9 Å². The molecule has 8 nitrogen and oxygen atoms in total. The molecule has 0 aliphatic carbocycles. The van der Waals surface area contributed by atoms with Gasteiger partial charge < -0.3 is 19.8 Å². The summed E-state index contributed by atoms with van der Waals surface area (Å²) in [6.07, 6.45) is 67.7. The van der Waals surface area contributed by atoms with Crippen LogP contribution in [0.3, 0.4) is 0 Å². The summed E-state index contributed by atoms with van der Waals surface area (Å²) in [4.78, 5) is 23.2. The van der Waals surface area contributed by atoms with Crippen molar-refractivity contribution in [2.24, 2.45) is 0 Å². The van der Waals surface area contributed by atoms with Crippen LogP contribution in [0.2, 0.25) is 0 Å². The van der Waals surface area contributed by atoms with Gasteiger partial charge in [0.25, 0.3) is 0 Å². The molecule has 0 rings (SSSR count). The Morgan fingerprint density at radius 1 is 0.530 bits per heavy atom. The van der Waals surface area contributed by atoms with Gasteiger partial charge in [-0.05, 0) is 77.0 Å². The number of nitrogens with one attached hydrogen (secondary N) is 1. The van der Waals surface area contributed by atoms with E-state index in [1.165, 1.54) is 96.3 Å². The fourth-order valence-electron chi connectivity index (χ4n) is 7.14. The van der Waals surface area contributed by atoms with Crippen molar-refractivity contribution in [1.82, 2.24) is 5.32 Å². The number of hydrogen-bond donors (Lipinski definition) is 3. The average Bonchev–Trinajstić information content (AvgIpc) is 3.28.